The van der Waals surface area contributed by atoms with E-state index in [2.05, 4.69) is 49.4 Å². The highest BCUT2D eigenvalue weighted by Crippen LogP contribution is 2.26. The van der Waals surface area contributed by atoms with Crippen molar-refractivity contribution in [1.29, 1.82) is 0 Å². The summed E-state index contributed by atoms with van der Waals surface area (Å²) >= 11 is 0. The van der Waals surface area contributed by atoms with Gasteiger partial charge in [-0.25, -0.2) is 14.8 Å². The van der Waals surface area contributed by atoms with E-state index in [-0.39, 0.29) is 18.6 Å². The molecule has 5 rings (SSSR count). The number of benzene rings is 5. The van der Waals surface area contributed by atoms with Crippen LogP contribution in [0.4, 0.5) is 11.4 Å². The fraction of sp³-hybridized carbons (Fsp3) is 0.167. The zero-order valence-electron chi connectivity index (χ0n) is 27.6. The Morgan fingerprint density at radius 1 is 0.521 bits per heavy atom. The molecule has 5 aromatic carbocycles. The molecule has 0 N–H and O–H groups in total. The number of esters is 1. The average Bonchev–Trinajstić information content (AvgIpc) is 3.11. The maximum absolute atomic E-state index is 12.8. The van der Waals surface area contributed by atoms with Crippen molar-refractivity contribution in [1.82, 2.24) is 0 Å². The van der Waals surface area contributed by atoms with Crippen LogP contribution in [0.1, 0.15) is 49.2 Å². The van der Waals surface area contributed by atoms with Gasteiger partial charge in [-0.2, -0.15) is 0 Å². The summed E-state index contributed by atoms with van der Waals surface area (Å²) < 4.78 is 17.2. The van der Waals surface area contributed by atoms with Gasteiger partial charge in [-0.15, -0.1) is 0 Å². The van der Waals surface area contributed by atoms with Crippen LogP contribution in [-0.4, -0.2) is 24.5 Å². The second-order valence-corrected chi connectivity index (χ2v) is 11.6. The fourth-order valence-corrected chi connectivity index (χ4v) is 4.76. The molecule has 0 heterocycles. The minimum absolute atomic E-state index is 0.0146. The minimum atomic E-state index is -0.459. The second-order valence-electron chi connectivity index (χ2n) is 11.6. The van der Waals surface area contributed by atoms with E-state index in [1.807, 2.05) is 97.1 Å². The normalized spacial score (nSPS) is 10.5. The van der Waals surface area contributed by atoms with E-state index in [4.69, 9.17) is 14.2 Å². The molecule has 0 atom stereocenters. The number of carbonyl (C=O) groups excluding carboxylic acids is 1. The Bertz CT molecular complexity index is 1920. The lowest BCUT2D eigenvalue weighted by Gasteiger charge is -2.12. The van der Waals surface area contributed by atoms with Gasteiger partial charge in [-0.1, -0.05) is 88.4 Å². The zero-order valence-corrected chi connectivity index (χ0v) is 27.6. The van der Waals surface area contributed by atoms with Crippen LogP contribution >= 0.6 is 0 Å². The van der Waals surface area contributed by atoms with Gasteiger partial charge in [0.2, 0.25) is 6.79 Å². The lowest BCUT2D eigenvalue weighted by Crippen LogP contribution is -2.09. The highest BCUT2D eigenvalue weighted by atomic mass is 16.7. The molecule has 0 saturated heterocycles. The molecule has 0 aliphatic heterocycles. The minimum Gasteiger partial charge on any atom is -0.458 e. The fourth-order valence-electron chi connectivity index (χ4n) is 4.76. The Morgan fingerprint density at radius 2 is 0.896 bits per heavy atom. The van der Waals surface area contributed by atoms with Crippen LogP contribution in [0.5, 0.6) is 17.2 Å². The Balaban J connectivity index is 1.13. The quantitative estimate of drug-likeness (QED) is 0.0593. The smallest absolute Gasteiger partial charge is 0.343 e. The second kappa shape index (κ2) is 16.6. The molecule has 0 aromatic heterocycles. The van der Waals surface area contributed by atoms with Crippen LogP contribution in [0.2, 0.25) is 0 Å². The molecular formula is C42H38N2O4. The Labute approximate surface area is 282 Å². The largest absolute Gasteiger partial charge is 0.458 e. The number of ether oxygens (including phenoxy) is 3. The van der Waals surface area contributed by atoms with E-state index >= 15 is 0 Å². The standard InChI is InChI=1S/C42H38N2O4/c1-30(2)40(27-43-35-11-7-5-8-12-35)32-15-21-37(22-16-32)46-29-47-38-23-19-34(20-24-38)42(45)48-39-25-17-33(18-26-39)41(31(3)4)28-44-36-13-9-6-10-14-36/h5-26,30-31H,29H2,1-4H3. The first-order valence-corrected chi connectivity index (χ1v) is 15.9. The molecule has 0 amide bonds. The molecule has 48 heavy (non-hydrogen) atoms. The van der Waals surface area contributed by atoms with E-state index < -0.39 is 5.97 Å². The van der Waals surface area contributed by atoms with Crippen molar-refractivity contribution in [2.45, 2.75) is 27.7 Å². The predicted molar refractivity (Wildman–Crippen MR) is 194 cm³/mol. The number of hydrogen-bond donors (Lipinski definition) is 0. The van der Waals surface area contributed by atoms with Crippen LogP contribution in [-0.2, 0) is 0 Å². The molecule has 0 bridgehead atoms. The summed E-state index contributed by atoms with van der Waals surface area (Å²) in [5.74, 6) is 8.11. The monoisotopic (exact) mass is 634 g/mol. The van der Waals surface area contributed by atoms with Gasteiger partial charge in [-0.05, 0) is 107 Å². The van der Waals surface area contributed by atoms with Crippen molar-refractivity contribution < 1.29 is 19.0 Å². The van der Waals surface area contributed by atoms with Gasteiger partial charge in [0.15, 0.2) is 0 Å². The van der Waals surface area contributed by atoms with Crippen molar-refractivity contribution in [2.75, 3.05) is 6.79 Å². The van der Waals surface area contributed by atoms with Crippen LogP contribution in [0.15, 0.2) is 143 Å². The number of carbonyl (C=O) groups is 1. The summed E-state index contributed by atoms with van der Waals surface area (Å²) in [6, 6.07) is 41.4. The maximum Gasteiger partial charge on any atom is 0.343 e. The molecule has 0 aliphatic rings. The number of para-hydroxylation sites is 2. The third kappa shape index (κ3) is 9.54. The van der Waals surface area contributed by atoms with Gasteiger partial charge >= 0.3 is 5.97 Å². The third-order valence-corrected chi connectivity index (χ3v) is 7.36. The summed E-state index contributed by atoms with van der Waals surface area (Å²) in [5.41, 5.74) is 6.09. The summed E-state index contributed by atoms with van der Waals surface area (Å²) in [6.45, 7) is 8.45. The van der Waals surface area contributed by atoms with Crippen LogP contribution in [0.3, 0.4) is 0 Å². The Hall–Kier alpha value is -5.93. The molecule has 0 unspecified atom stereocenters. The molecule has 0 aliphatic carbocycles. The van der Waals surface area contributed by atoms with Crippen molar-refractivity contribution in [2.24, 2.45) is 21.8 Å². The zero-order chi connectivity index (χ0) is 33.7. The number of hydrogen-bond acceptors (Lipinski definition) is 6. The first-order valence-electron chi connectivity index (χ1n) is 15.9. The molecule has 0 radical (unpaired) electrons. The van der Waals surface area contributed by atoms with Crippen molar-refractivity contribution >= 4 is 40.2 Å². The number of nitrogens with zero attached hydrogens (tertiary/aromatic N) is 2. The van der Waals surface area contributed by atoms with Crippen LogP contribution in [0.25, 0.3) is 11.1 Å². The van der Waals surface area contributed by atoms with Gasteiger partial charge in [-0.3, -0.25) is 0 Å². The third-order valence-electron chi connectivity index (χ3n) is 7.36. The van der Waals surface area contributed by atoms with Crippen molar-refractivity contribution in [3.63, 3.8) is 0 Å². The molecular weight excluding hydrogens is 596 g/mol. The number of allylic oxidation sites excluding steroid dienone is 2. The topological polar surface area (TPSA) is 69.5 Å². The average molecular weight is 635 g/mol. The van der Waals surface area contributed by atoms with E-state index in [1.165, 1.54) is 0 Å². The van der Waals surface area contributed by atoms with E-state index in [0.717, 1.165) is 33.6 Å². The molecule has 6 nitrogen and oxygen atoms in total. The first-order chi connectivity index (χ1) is 23.4. The molecule has 240 valence electrons. The van der Waals surface area contributed by atoms with Crippen molar-refractivity contribution in [3.8, 4) is 17.2 Å². The van der Waals surface area contributed by atoms with Crippen LogP contribution in [0, 0.1) is 11.8 Å². The summed E-state index contributed by atoms with van der Waals surface area (Å²) in [4.78, 5) is 21.8. The van der Waals surface area contributed by atoms with E-state index in [0.29, 0.717) is 22.8 Å². The summed E-state index contributed by atoms with van der Waals surface area (Å²) in [6.07, 6.45) is 0. The molecule has 6 heteroatoms. The van der Waals surface area contributed by atoms with E-state index in [9.17, 15) is 4.79 Å². The molecule has 5 aromatic rings. The Morgan fingerprint density at radius 3 is 1.29 bits per heavy atom. The van der Waals surface area contributed by atoms with Crippen LogP contribution < -0.4 is 14.2 Å². The van der Waals surface area contributed by atoms with Gasteiger partial charge in [0.1, 0.15) is 17.2 Å². The molecule has 0 fully saturated rings. The SMILES string of the molecule is CC(C)C(=C=Nc1ccccc1)c1ccc(OCOc2ccc(C(=O)Oc3ccc(C(=C=Nc4ccccc4)C(C)C)cc3)cc2)cc1. The molecule has 0 spiro atoms. The molecule has 0 saturated carbocycles. The summed E-state index contributed by atoms with van der Waals surface area (Å²) in [7, 11) is 0. The highest BCUT2D eigenvalue weighted by Gasteiger charge is 2.12. The lowest BCUT2D eigenvalue weighted by molar-refractivity contribution is 0.0734. The van der Waals surface area contributed by atoms with Crippen molar-refractivity contribution in [3.05, 3.63) is 150 Å². The van der Waals surface area contributed by atoms with Gasteiger partial charge in [0.05, 0.1) is 16.9 Å². The highest BCUT2D eigenvalue weighted by molar-refractivity contribution is 5.93. The first kappa shape index (κ1) is 33.4. The Kier molecular flexibility index (Phi) is 11.5. The lowest BCUT2D eigenvalue weighted by atomic mass is 9.97. The predicted octanol–water partition coefficient (Wildman–Crippen LogP) is 10.4. The summed E-state index contributed by atoms with van der Waals surface area (Å²) in [5, 5.41) is 0. The van der Waals surface area contributed by atoms with Gasteiger partial charge < -0.3 is 14.2 Å². The van der Waals surface area contributed by atoms with E-state index in [1.54, 1.807) is 36.4 Å². The van der Waals surface area contributed by atoms with Gasteiger partial charge in [0, 0.05) is 11.1 Å². The number of rotatable bonds is 12. The van der Waals surface area contributed by atoms with Gasteiger partial charge in [0.25, 0.3) is 0 Å². The number of aliphatic imine (C=N–C) groups is 2. The maximum atomic E-state index is 12.8.